The Labute approximate surface area is 93.6 Å². The van der Waals surface area contributed by atoms with E-state index in [0.29, 0.717) is 6.42 Å². The molecule has 1 atom stereocenters. The van der Waals surface area contributed by atoms with Crippen LogP contribution in [0.25, 0.3) is 0 Å². The largest absolute Gasteiger partial charge is 0.395 e. The summed E-state index contributed by atoms with van der Waals surface area (Å²) in [5, 5.41) is 11.8. The second-order valence-electron chi connectivity index (χ2n) is 4.23. The Morgan fingerprint density at radius 1 is 1.62 bits per heavy atom. The highest BCUT2D eigenvalue weighted by Crippen LogP contribution is 2.21. The molecule has 1 unspecified atom stereocenters. The van der Waals surface area contributed by atoms with Crippen LogP contribution in [0.5, 0.6) is 0 Å². The van der Waals surface area contributed by atoms with E-state index in [4.69, 9.17) is 5.11 Å². The first-order valence-electron chi connectivity index (χ1n) is 5.43. The number of hydrogen-bond donors (Lipinski definition) is 2. The number of aliphatic hydroxyl groups is 1. The van der Waals surface area contributed by atoms with E-state index >= 15 is 0 Å². The van der Waals surface area contributed by atoms with Crippen LogP contribution in [0, 0.1) is 0 Å². The first kappa shape index (κ1) is 13.3. The summed E-state index contributed by atoms with van der Waals surface area (Å²) in [6.45, 7) is 1.49. The molecule has 1 saturated heterocycles. The number of halogens is 2. The smallest absolute Gasteiger partial charge is 0.255 e. The van der Waals surface area contributed by atoms with Crippen LogP contribution in [0.1, 0.15) is 19.8 Å². The van der Waals surface area contributed by atoms with Crippen molar-refractivity contribution in [1.29, 1.82) is 0 Å². The first-order valence-corrected chi connectivity index (χ1v) is 5.43. The number of rotatable bonds is 5. The quantitative estimate of drug-likeness (QED) is 0.717. The summed E-state index contributed by atoms with van der Waals surface area (Å²) in [5.41, 5.74) is -0.746. The van der Waals surface area contributed by atoms with Crippen molar-refractivity contribution in [3.05, 3.63) is 0 Å². The maximum Gasteiger partial charge on any atom is 0.255 e. The van der Waals surface area contributed by atoms with Crippen LogP contribution in [0.4, 0.5) is 8.78 Å². The van der Waals surface area contributed by atoms with Gasteiger partial charge in [-0.15, -0.1) is 0 Å². The summed E-state index contributed by atoms with van der Waals surface area (Å²) in [7, 11) is 0. The third-order valence-electron chi connectivity index (χ3n) is 2.86. The normalized spacial score (nSPS) is 25.1. The zero-order valence-electron chi connectivity index (χ0n) is 9.38. The molecule has 0 aromatic rings. The van der Waals surface area contributed by atoms with E-state index in [1.807, 2.05) is 0 Å². The summed E-state index contributed by atoms with van der Waals surface area (Å²) in [5.74, 6) is -0.348. The Morgan fingerprint density at radius 2 is 2.31 bits per heavy atom. The van der Waals surface area contributed by atoms with Gasteiger partial charge in [0.1, 0.15) is 0 Å². The molecule has 0 bridgehead atoms. The van der Waals surface area contributed by atoms with E-state index in [2.05, 4.69) is 5.32 Å². The fraction of sp³-hybridized carbons (Fsp3) is 0.900. The summed E-state index contributed by atoms with van der Waals surface area (Å²) in [6.07, 6.45) is -1.05. The predicted molar refractivity (Wildman–Crippen MR) is 55.3 cm³/mol. The second-order valence-corrected chi connectivity index (χ2v) is 4.23. The van der Waals surface area contributed by atoms with Gasteiger partial charge in [-0.1, -0.05) is 0 Å². The third kappa shape index (κ3) is 3.12. The molecular weight excluding hydrogens is 218 g/mol. The fourth-order valence-electron chi connectivity index (χ4n) is 1.99. The van der Waals surface area contributed by atoms with Gasteiger partial charge in [0.2, 0.25) is 5.91 Å². The standard InChI is InChI=1S/C10H18F2N2O2/c1-10(3-2-4-13-10)9(16)14(5-6-15)7-8(11)12/h8,13,15H,2-7H2,1H3. The second kappa shape index (κ2) is 5.54. The van der Waals surface area contributed by atoms with Gasteiger partial charge in [0.15, 0.2) is 0 Å². The first-order chi connectivity index (χ1) is 7.49. The Bertz CT molecular complexity index is 243. The van der Waals surface area contributed by atoms with Crippen molar-refractivity contribution in [2.45, 2.75) is 31.7 Å². The van der Waals surface area contributed by atoms with Crippen molar-refractivity contribution in [1.82, 2.24) is 10.2 Å². The van der Waals surface area contributed by atoms with E-state index in [-0.39, 0.29) is 19.1 Å². The molecule has 1 aliphatic rings. The monoisotopic (exact) mass is 236 g/mol. The van der Waals surface area contributed by atoms with Crippen molar-refractivity contribution in [2.24, 2.45) is 0 Å². The van der Waals surface area contributed by atoms with Crippen molar-refractivity contribution in [3.8, 4) is 0 Å². The van der Waals surface area contributed by atoms with Crippen LogP contribution in [-0.4, -0.2) is 54.1 Å². The molecule has 2 N–H and O–H groups in total. The summed E-state index contributed by atoms with van der Waals surface area (Å²) in [4.78, 5) is 13.0. The average molecular weight is 236 g/mol. The molecule has 0 aromatic carbocycles. The highest BCUT2D eigenvalue weighted by Gasteiger charge is 2.39. The van der Waals surface area contributed by atoms with Gasteiger partial charge in [0.25, 0.3) is 6.43 Å². The molecule has 1 fully saturated rings. The number of aliphatic hydroxyl groups excluding tert-OH is 1. The highest BCUT2D eigenvalue weighted by molar-refractivity contribution is 5.86. The van der Waals surface area contributed by atoms with Crippen molar-refractivity contribution < 1.29 is 18.7 Å². The molecule has 1 rings (SSSR count). The Balaban J connectivity index is 2.65. The Kier molecular flexibility index (Phi) is 4.61. The van der Waals surface area contributed by atoms with E-state index < -0.39 is 18.5 Å². The minimum Gasteiger partial charge on any atom is -0.395 e. The molecule has 0 aromatic heterocycles. The Morgan fingerprint density at radius 3 is 2.75 bits per heavy atom. The van der Waals surface area contributed by atoms with Crippen LogP contribution in [-0.2, 0) is 4.79 Å². The van der Waals surface area contributed by atoms with E-state index in [0.717, 1.165) is 17.9 Å². The molecule has 0 spiro atoms. The lowest BCUT2D eigenvalue weighted by Gasteiger charge is -2.31. The molecule has 1 heterocycles. The van der Waals surface area contributed by atoms with Gasteiger partial charge in [-0.25, -0.2) is 8.78 Å². The predicted octanol–water partition coefficient (Wildman–Crippen LogP) is 0.214. The van der Waals surface area contributed by atoms with Gasteiger partial charge >= 0.3 is 0 Å². The number of nitrogens with zero attached hydrogens (tertiary/aromatic N) is 1. The summed E-state index contributed by atoms with van der Waals surface area (Å²) < 4.78 is 24.6. The molecule has 1 aliphatic heterocycles. The van der Waals surface area contributed by atoms with E-state index in [9.17, 15) is 13.6 Å². The zero-order valence-corrected chi connectivity index (χ0v) is 9.38. The van der Waals surface area contributed by atoms with E-state index in [1.165, 1.54) is 0 Å². The average Bonchev–Trinajstić information content (AvgIpc) is 2.64. The van der Waals surface area contributed by atoms with Crippen LogP contribution in [0.2, 0.25) is 0 Å². The van der Waals surface area contributed by atoms with E-state index in [1.54, 1.807) is 6.92 Å². The van der Waals surface area contributed by atoms with Gasteiger partial charge in [-0.2, -0.15) is 0 Å². The van der Waals surface area contributed by atoms with Crippen molar-refractivity contribution in [2.75, 3.05) is 26.2 Å². The summed E-state index contributed by atoms with van der Waals surface area (Å²) >= 11 is 0. The minimum absolute atomic E-state index is 0.0412. The number of carbonyl (C=O) groups excluding carboxylic acids is 1. The molecule has 0 radical (unpaired) electrons. The number of alkyl halides is 2. The van der Waals surface area contributed by atoms with Crippen molar-refractivity contribution in [3.63, 3.8) is 0 Å². The van der Waals surface area contributed by atoms with Crippen LogP contribution >= 0.6 is 0 Å². The molecule has 16 heavy (non-hydrogen) atoms. The maximum absolute atomic E-state index is 12.3. The number of carbonyl (C=O) groups is 1. The van der Waals surface area contributed by atoms with Crippen molar-refractivity contribution >= 4 is 5.91 Å². The van der Waals surface area contributed by atoms with Gasteiger partial charge in [0, 0.05) is 6.54 Å². The topological polar surface area (TPSA) is 52.6 Å². The fourth-order valence-corrected chi connectivity index (χ4v) is 1.99. The van der Waals surface area contributed by atoms with Gasteiger partial charge in [-0.3, -0.25) is 4.79 Å². The number of amides is 1. The molecule has 6 heteroatoms. The Hall–Kier alpha value is -0.750. The lowest BCUT2D eigenvalue weighted by molar-refractivity contribution is -0.139. The maximum atomic E-state index is 12.3. The molecule has 0 aliphatic carbocycles. The molecule has 1 amide bonds. The SMILES string of the molecule is CC1(C(=O)N(CCO)CC(F)F)CCCN1. The van der Waals surface area contributed by atoms with Gasteiger partial charge in [-0.05, 0) is 26.3 Å². The van der Waals surface area contributed by atoms with Crippen LogP contribution < -0.4 is 5.32 Å². The minimum atomic E-state index is -2.57. The zero-order chi connectivity index (χ0) is 12.2. The number of nitrogens with one attached hydrogen (secondary N) is 1. The van der Waals surface area contributed by atoms with Crippen LogP contribution in [0.3, 0.4) is 0 Å². The molecule has 4 nitrogen and oxygen atoms in total. The number of hydrogen-bond acceptors (Lipinski definition) is 3. The van der Waals surface area contributed by atoms with Gasteiger partial charge < -0.3 is 15.3 Å². The lowest BCUT2D eigenvalue weighted by Crippen LogP contribution is -2.54. The van der Waals surface area contributed by atoms with Crippen LogP contribution in [0.15, 0.2) is 0 Å². The molecular formula is C10H18F2N2O2. The highest BCUT2D eigenvalue weighted by atomic mass is 19.3. The third-order valence-corrected chi connectivity index (χ3v) is 2.86. The lowest BCUT2D eigenvalue weighted by atomic mass is 9.98. The molecule has 0 saturated carbocycles. The summed E-state index contributed by atoms with van der Waals surface area (Å²) in [6, 6.07) is 0. The molecule has 94 valence electrons. The van der Waals surface area contributed by atoms with Gasteiger partial charge in [0.05, 0.1) is 18.7 Å².